The minimum Gasteiger partial charge on any atom is -0.321 e. The largest absolute Gasteiger partial charge is 0.321 e. The second-order valence-electron chi connectivity index (χ2n) is 4.67. The van der Waals surface area contributed by atoms with Gasteiger partial charge in [0.25, 0.3) is 11.5 Å². The molecule has 21 heavy (non-hydrogen) atoms. The molecule has 0 fully saturated rings. The van der Waals surface area contributed by atoms with Crippen molar-refractivity contribution in [3.05, 3.63) is 70.9 Å². The third-order valence-electron chi connectivity index (χ3n) is 3.32. The average Bonchev–Trinajstić information content (AvgIpc) is 2.52. The summed E-state index contributed by atoms with van der Waals surface area (Å²) < 4.78 is 1.36. The van der Waals surface area contributed by atoms with E-state index in [0.717, 1.165) is 5.39 Å². The van der Waals surface area contributed by atoms with Gasteiger partial charge in [-0.25, -0.2) is 0 Å². The number of amides is 1. The zero-order valence-electron chi connectivity index (χ0n) is 11.4. The molecule has 1 aromatic carbocycles. The van der Waals surface area contributed by atoms with Crippen molar-refractivity contribution in [1.29, 1.82) is 0 Å². The van der Waals surface area contributed by atoms with E-state index in [1.807, 2.05) is 12.1 Å². The molecular weight excluding hydrogens is 266 g/mol. The van der Waals surface area contributed by atoms with Gasteiger partial charge >= 0.3 is 0 Å². The van der Waals surface area contributed by atoms with E-state index in [2.05, 4.69) is 10.3 Å². The van der Waals surface area contributed by atoms with Crippen LogP contribution in [0.15, 0.2) is 59.7 Å². The molecule has 5 heteroatoms. The summed E-state index contributed by atoms with van der Waals surface area (Å²) in [5, 5.41) is 4.10. The first-order valence-corrected chi connectivity index (χ1v) is 6.47. The Bertz CT molecular complexity index is 870. The molecule has 0 atom stereocenters. The van der Waals surface area contributed by atoms with E-state index in [4.69, 9.17) is 0 Å². The third-order valence-corrected chi connectivity index (χ3v) is 3.32. The van der Waals surface area contributed by atoms with E-state index < -0.39 is 0 Å². The lowest BCUT2D eigenvalue weighted by Gasteiger charge is -2.10. The second kappa shape index (κ2) is 5.20. The molecule has 2 heterocycles. The smallest absolute Gasteiger partial charge is 0.272 e. The highest BCUT2D eigenvalue weighted by molar-refractivity contribution is 6.04. The van der Waals surface area contributed by atoms with Crippen molar-refractivity contribution in [2.75, 3.05) is 5.32 Å². The first-order chi connectivity index (χ1) is 10.2. The number of pyridine rings is 2. The van der Waals surface area contributed by atoms with Crippen LogP contribution in [0.5, 0.6) is 0 Å². The summed E-state index contributed by atoms with van der Waals surface area (Å²) in [7, 11) is 1.59. The molecule has 1 N–H and O–H groups in total. The van der Waals surface area contributed by atoms with Gasteiger partial charge in [0, 0.05) is 30.5 Å². The van der Waals surface area contributed by atoms with E-state index in [9.17, 15) is 9.59 Å². The minimum absolute atomic E-state index is 0.187. The van der Waals surface area contributed by atoms with Crippen molar-refractivity contribution in [2.24, 2.45) is 7.05 Å². The lowest BCUT2D eigenvalue weighted by Crippen LogP contribution is -2.26. The van der Waals surface area contributed by atoms with Gasteiger partial charge in [0.15, 0.2) is 0 Å². The molecule has 3 rings (SSSR count). The maximum atomic E-state index is 12.3. The Morgan fingerprint density at radius 3 is 2.62 bits per heavy atom. The van der Waals surface area contributed by atoms with Crippen molar-refractivity contribution >= 4 is 22.4 Å². The third kappa shape index (κ3) is 2.41. The van der Waals surface area contributed by atoms with E-state index in [1.54, 1.807) is 49.8 Å². The fourth-order valence-corrected chi connectivity index (χ4v) is 2.20. The van der Waals surface area contributed by atoms with Gasteiger partial charge in [-0.05, 0) is 29.7 Å². The highest BCUT2D eigenvalue weighted by atomic mass is 16.2. The molecule has 0 spiro atoms. The number of nitrogens with one attached hydrogen (secondary N) is 1. The quantitative estimate of drug-likeness (QED) is 0.782. The summed E-state index contributed by atoms with van der Waals surface area (Å²) in [5.41, 5.74) is 0.763. The monoisotopic (exact) mass is 279 g/mol. The first-order valence-electron chi connectivity index (χ1n) is 6.47. The summed E-state index contributed by atoms with van der Waals surface area (Å²) in [5.74, 6) is -0.327. The molecule has 0 aliphatic carbocycles. The number of rotatable bonds is 2. The zero-order valence-corrected chi connectivity index (χ0v) is 11.4. The molecular formula is C16H13N3O2. The van der Waals surface area contributed by atoms with E-state index >= 15 is 0 Å². The minimum atomic E-state index is -0.327. The Kier molecular flexibility index (Phi) is 3.23. The van der Waals surface area contributed by atoms with Crippen LogP contribution < -0.4 is 10.9 Å². The molecule has 5 nitrogen and oxygen atoms in total. The highest BCUT2D eigenvalue weighted by Crippen LogP contribution is 2.13. The van der Waals surface area contributed by atoms with Crippen molar-refractivity contribution in [2.45, 2.75) is 0 Å². The number of carbonyl (C=O) groups is 1. The standard InChI is InChI=1S/C16H13N3O2/c1-19-14(15(20)18-12-6-8-17-9-7-12)10-11-4-2-3-5-13(11)16(19)21/h2-10H,1H3,(H,17,18,20). The number of hydrogen-bond donors (Lipinski definition) is 1. The predicted molar refractivity (Wildman–Crippen MR) is 81.4 cm³/mol. The van der Waals surface area contributed by atoms with E-state index in [-0.39, 0.29) is 11.5 Å². The Morgan fingerprint density at radius 2 is 1.86 bits per heavy atom. The van der Waals surface area contributed by atoms with Crippen LogP contribution in [0, 0.1) is 0 Å². The van der Waals surface area contributed by atoms with Crippen LogP contribution >= 0.6 is 0 Å². The van der Waals surface area contributed by atoms with Gasteiger partial charge in [-0.1, -0.05) is 18.2 Å². The van der Waals surface area contributed by atoms with Gasteiger partial charge in [-0.3, -0.25) is 14.6 Å². The summed E-state index contributed by atoms with van der Waals surface area (Å²) in [4.78, 5) is 28.5. The molecule has 0 radical (unpaired) electrons. The fraction of sp³-hybridized carbons (Fsp3) is 0.0625. The van der Waals surface area contributed by atoms with Gasteiger partial charge < -0.3 is 9.88 Å². The lowest BCUT2D eigenvalue weighted by molar-refractivity contribution is 0.101. The molecule has 0 bridgehead atoms. The number of benzene rings is 1. The van der Waals surface area contributed by atoms with E-state index in [0.29, 0.717) is 16.8 Å². The molecule has 104 valence electrons. The normalized spacial score (nSPS) is 10.5. The van der Waals surface area contributed by atoms with Crippen LogP contribution in [0.3, 0.4) is 0 Å². The average molecular weight is 279 g/mol. The number of anilines is 1. The summed E-state index contributed by atoms with van der Waals surface area (Å²) in [6.45, 7) is 0. The molecule has 2 aromatic heterocycles. The van der Waals surface area contributed by atoms with Gasteiger partial charge in [0.05, 0.1) is 0 Å². The topological polar surface area (TPSA) is 64.0 Å². The number of hydrogen-bond acceptors (Lipinski definition) is 3. The Labute approximate surface area is 120 Å². The second-order valence-corrected chi connectivity index (χ2v) is 4.67. The Morgan fingerprint density at radius 1 is 1.14 bits per heavy atom. The number of fused-ring (bicyclic) bond motifs is 1. The Balaban J connectivity index is 2.06. The molecule has 1 amide bonds. The summed E-state index contributed by atoms with van der Waals surface area (Å²) in [6, 6.07) is 12.3. The van der Waals surface area contributed by atoms with Crippen LogP contribution in [-0.4, -0.2) is 15.5 Å². The van der Waals surface area contributed by atoms with Crippen molar-refractivity contribution in [1.82, 2.24) is 9.55 Å². The zero-order chi connectivity index (χ0) is 14.8. The van der Waals surface area contributed by atoms with E-state index in [1.165, 1.54) is 4.57 Å². The van der Waals surface area contributed by atoms with Crippen LogP contribution in [-0.2, 0) is 7.05 Å². The molecule has 0 aliphatic rings. The maximum absolute atomic E-state index is 12.3. The maximum Gasteiger partial charge on any atom is 0.272 e. The van der Waals surface area contributed by atoms with Crippen LogP contribution in [0.1, 0.15) is 10.5 Å². The molecule has 0 saturated carbocycles. The van der Waals surface area contributed by atoms with Crippen molar-refractivity contribution in [3.63, 3.8) is 0 Å². The number of carbonyl (C=O) groups excluding carboxylic acids is 1. The van der Waals surface area contributed by atoms with Crippen LogP contribution in [0.25, 0.3) is 10.8 Å². The predicted octanol–water partition coefficient (Wildman–Crippen LogP) is 2.19. The van der Waals surface area contributed by atoms with Gasteiger partial charge in [-0.2, -0.15) is 0 Å². The highest BCUT2D eigenvalue weighted by Gasteiger charge is 2.13. The number of aromatic nitrogens is 2. The molecule has 0 unspecified atom stereocenters. The fourth-order valence-electron chi connectivity index (χ4n) is 2.20. The van der Waals surface area contributed by atoms with Gasteiger partial charge in [0.2, 0.25) is 0 Å². The van der Waals surface area contributed by atoms with Crippen LogP contribution in [0.4, 0.5) is 5.69 Å². The van der Waals surface area contributed by atoms with Gasteiger partial charge in [0.1, 0.15) is 5.69 Å². The first kappa shape index (κ1) is 13.1. The molecule has 0 aliphatic heterocycles. The molecule has 0 saturated heterocycles. The summed E-state index contributed by atoms with van der Waals surface area (Å²) in [6.07, 6.45) is 3.18. The van der Waals surface area contributed by atoms with Crippen molar-refractivity contribution in [3.8, 4) is 0 Å². The van der Waals surface area contributed by atoms with Gasteiger partial charge in [-0.15, -0.1) is 0 Å². The Hall–Kier alpha value is -2.95. The number of nitrogens with zero attached hydrogens (tertiary/aromatic N) is 2. The van der Waals surface area contributed by atoms with Crippen LogP contribution in [0.2, 0.25) is 0 Å². The summed E-state index contributed by atoms with van der Waals surface area (Å²) >= 11 is 0. The lowest BCUT2D eigenvalue weighted by atomic mass is 10.1. The molecule has 3 aromatic rings. The SMILES string of the molecule is Cn1c(C(=O)Nc2ccncc2)cc2ccccc2c1=O. The van der Waals surface area contributed by atoms with Crippen molar-refractivity contribution < 1.29 is 4.79 Å².